The van der Waals surface area contributed by atoms with Crippen LogP contribution in [0.2, 0.25) is 0 Å². The molecule has 120 valence electrons. The van der Waals surface area contributed by atoms with Crippen LogP contribution in [0.25, 0.3) is 0 Å². The molecule has 0 aromatic carbocycles. The minimum absolute atomic E-state index is 0.0377. The minimum Gasteiger partial charge on any atom is -0.378 e. The van der Waals surface area contributed by atoms with Crippen molar-refractivity contribution in [1.29, 1.82) is 0 Å². The van der Waals surface area contributed by atoms with Gasteiger partial charge in [-0.1, -0.05) is 24.5 Å². The van der Waals surface area contributed by atoms with Gasteiger partial charge in [0, 0.05) is 20.2 Å². The van der Waals surface area contributed by atoms with Gasteiger partial charge in [-0.25, -0.2) is 17.8 Å². The molecule has 7 nitrogen and oxygen atoms in total. The monoisotopic (exact) mass is 380 g/mol. The Hall–Kier alpha value is -0.510. The molecule has 1 aliphatic rings. The zero-order chi connectivity index (χ0) is 15.3. The number of ether oxygens (including phenoxy) is 1. The normalized spacial score (nSPS) is 17.2. The van der Waals surface area contributed by atoms with Crippen LogP contribution in [-0.2, 0) is 21.8 Å². The van der Waals surface area contributed by atoms with Gasteiger partial charge >= 0.3 is 0 Å². The van der Waals surface area contributed by atoms with E-state index in [-0.39, 0.29) is 9.63 Å². The second-order valence-electron chi connectivity index (χ2n) is 5.19. The van der Waals surface area contributed by atoms with Gasteiger partial charge in [-0.2, -0.15) is 0 Å². The fourth-order valence-corrected chi connectivity index (χ4v) is 4.60. The largest absolute Gasteiger partial charge is 0.378 e. The van der Waals surface area contributed by atoms with Gasteiger partial charge in [0.2, 0.25) is 5.03 Å². The number of halogens is 1. The molecule has 1 saturated carbocycles. The van der Waals surface area contributed by atoms with E-state index in [0.29, 0.717) is 25.7 Å². The van der Waals surface area contributed by atoms with Gasteiger partial charge in [-0.3, -0.25) is 0 Å². The van der Waals surface area contributed by atoms with E-state index < -0.39 is 10.0 Å². The zero-order valence-corrected chi connectivity index (χ0v) is 14.5. The van der Waals surface area contributed by atoms with Gasteiger partial charge < -0.3 is 4.74 Å². The van der Waals surface area contributed by atoms with Crippen LogP contribution in [0.4, 0.5) is 0 Å². The lowest BCUT2D eigenvalue weighted by Crippen LogP contribution is -2.28. The van der Waals surface area contributed by atoms with Crippen molar-refractivity contribution >= 4 is 26.0 Å². The van der Waals surface area contributed by atoms with Crippen molar-refractivity contribution in [2.24, 2.45) is 7.05 Å². The van der Waals surface area contributed by atoms with Crippen molar-refractivity contribution in [2.75, 3.05) is 13.2 Å². The van der Waals surface area contributed by atoms with Crippen molar-refractivity contribution in [3.8, 4) is 0 Å². The molecule has 9 heteroatoms. The maximum atomic E-state index is 12.1. The predicted octanol–water partition coefficient (Wildman–Crippen LogP) is 1.60. The number of nitrogens with zero attached hydrogens (tertiary/aromatic N) is 3. The van der Waals surface area contributed by atoms with E-state index in [1.807, 2.05) is 0 Å². The van der Waals surface area contributed by atoms with E-state index in [2.05, 4.69) is 31.0 Å². The van der Waals surface area contributed by atoms with E-state index in [4.69, 9.17) is 4.74 Å². The fourth-order valence-electron chi connectivity index (χ4n) is 2.44. The molecule has 1 fully saturated rings. The molecule has 21 heavy (non-hydrogen) atoms. The quantitative estimate of drug-likeness (QED) is 0.725. The van der Waals surface area contributed by atoms with Crippen molar-refractivity contribution in [3.63, 3.8) is 0 Å². The molecule has 0 atom stereocenters. The Morgan fingerprint density at radius 1 is 1.38 bits per heavy atom. The summed E-state index contributed by atoms with van der Waals surface area (Å²) < 4.78 is 34.0. The molecule has 1 aliphatic carbocycles. The predicted molar refractivity (Wildman–Crippen MR) is 81.3 cm³/mol. The summed E-state index contributed by atoms with van der Waals surface area (Å²) in [6, 6.07) is 0. The third kappa shape index (κ3) is 4.73. The second-order valence-corrected chi connectivity index (χ2v) is 7.62. The highest BCUT2D eigenvalue weighted by atomic mass is 79.9. The van der Waals surface area contributed by atoms with Gasteiger partial charge in [0.05, 0.1) is 6.10 Å². The lowest BCUT2D eigenvalue weighted by Gasteiger charge is -2.21. The van der Waals surface area contributed by atoms with Crippen LogP contribution in [0, 0.1) is 0 Å². The molecule has 1 aromatic rings. The first kappa shape index (κ1) is 16.9. The smallest absolute Gasteiger partial charge is 0.260 e. The van der Waals surface area contributed by atoms with Crippen molar-refractivity contribution in [1.82, 2.24) is 19.7 Å². The van der Waals surface area contributed by atoms with Gasteiger partial charge in [0.25, 0.3) is 10.0 Å². The highest BCUT2D eigenvalue weighted by molar-refractivity contribution is 9.10. The van der Waals surface area contributed by atoms with E-state index in [9.17, 15) is 8.42 Å². The molecule has 1 aromatic heterocycles. The maximum absolute atomic E-state index is 12.1. The molecule has 0 radical (unpaired) electrons. The summed E-state index contributed by atoms with van der Waals surface area (Å²) >= 11 is 3.09. The average molecular weight is 381 g/mol. The number of hydrogen-bond donors (Lipinski definition) is 1. The second kappa shape index (κ2) is 7.66. The van der Waals surface area contributed by atoms with Crippen LogP contribution < -0.4 is 4.72 Å². The van der Waals surface area contributed by atoms with E-state index >= 15 is 0 Å². The molecule has 0 unspecified atom stereocenters. The molecule has 1 N–H and O–H groups in total. The van der Waals surface area contributed by atoms with Gasteiger partial charge in [0.15, 0.2) is 4.60 Å². The van der Waals surface area contributed by atoms with Crippen molar-refractivity contribution in [2.45, 2.75) is 49.7 Å². The lowest BCUT2D eigenvalue weighted by atomic mass is 9.98. The first-order valence-electron chi connectivity index (χ1n) is 7.17. The van der Waals surface area contributed by atoms with Crippen LogP contribution >= 0.6 is 15.9 Å². The highest BCUT2D eigenvalue weighted by Crippen LogP contribution is 2.20. The first-order valence-corrected chi connectivity index (χ1v) is 9.45. The summed E-state index contributed by atoms with van der Waals surface area (Å²) in [7, 11) is -2.06. The highest BCUT2D eigenvalue weighted by Gasteiger charge is 2.23. The van der Waals surface area contributed by atoms with Crippen LogP contribution in [0.1, 0.15) is 38.5 Å². The number of hydrogen-bond acceptors (Lipinski definition) is 5. The molecule has 0 spiro atoms. The van der Waals surface area contributed by atoms with Crippen molar-refractivity contribution in [3.05, 3.63) is 4.60 Å². The standard InChI is InChI=1S/C12H21BrN4O3S/c1-17-12(11(13)15-16-17)21(18,19)14-8-5-9-20-10-6-3-2-4-7-10/h10,14H,2-9H2,1H3. The molecule has 1 heterocycles. The van der Waals surface area contributed by atoms with Gasteiger partial charge in [-0.05, 0) is 35.2 Å². The molecule has 2 rings (SSSR count). The Balaban J connectivity index is 1.72. The van der Waals surface area contributed by atoms with E-state index in [0.717, 1.165) is 12.8 Å². The third-order valence-electron chi connectivity index (χ3n) is 3.51. The molecule has 0 amide bonds. The molecule has 0 aliphatic heterocycles. The summed E-state index contributed by atoms with van der Waals surface area (Å²) in [5.41, 5.74) is 0. The Bertz CT molecular complexity index is 535. The molecular formula is C12H21BrN4O3S. The first-order chi connectivity index (χ1) is 10.0. The van der Waals surface area contributed by atoms with Crippen molar-refractivity contribution < 1.29 is 13.2 Å². The number of rotatable bonds is 7. The SMILES string of the molecule is Cn1nnc(Br)c1S(=O)(=O)NCCCOC1CCCCC1. The lowest BCUT2D eigenvalue weighted by molar-refractivity contribution is 0.0278. The Morgan fingerprint density at radius 2 is 2.10 bits per heavy atom. The maximum Gasteiger partial charge on any atom is 0.260 e. The summed E-state index contributed by atoms with van der Waals surface area (Å²) in [6.07, 6.45) is 7.02. The summed E-state index contributed by atoms with van der Waals surface area (Å²) in [5, 5.41) is 7.38. The number of aryl methyl sites for hydroxylation is 1. The number of aromatic nitrogens is 3. The van der Waals surface area contributed by atoms with Crippen LogP contribution in [0.15, 0.2) is 9.63 Å². The Morgan fingerprint density at radius 3 is 2.71 bits per heavy atom. The van der Waals surface area contributed by atoms with E-state index in [1.54, 1.807) is 7.05 Å². The average Bonchev–Trinajstić information content (AvgIpc) is 2.79. The van der Waals surface area contributed by atoms with Crippen LogP contribution in [-0.4, -0.2) is 42.7 Å². The third-order valence-corrected chi connectivity index (χ3v) is 5.86. The zero-order valence-electron chi connectivity index (χ0n) is 12.1. The number of sulfonamides is 1. The molecule has 0 bridgehead atoms. The molecule has 0 saturated heterocycles. The van der Waals surface area contributed by atoms with Crippen LogP contribution in [0.3, 0.4) is 0 Å². The van der Waals surface area contributed by atoms with E-state index in [1.165, 1.54) is 23.9 Å². The summed E-state index contributed by atoms with van der Waals surface area (Å²) in [5.74, 6) is 0. The van der Waals surface area contributed by atoms with Gasteiger partial charge in [-0.15, -0.1) is 5.10 Å². The Labute approximate surface area is 133 Å². The van der Waals surface area contributed by atoms with Gasteiger partial charge in [0.1, 0.15) is 0 Å². The summed E-state index contributed by atoms with van der Waals surface area (Å²) in [4.78, 5) is 0. The number of nitrogens with one attached hydrogen (secondary N) is 1. The summed E-state index contributed by atoms with van der Waals surface area (Å²) in [6.45, 7) is 0.921. The fraction of sp³-hybridized carbons (Fsp3) is 0.833. The molecular weight excluding hydrogens is 360 g/mol. The Kier molecular flexibility index (Phi) is 6.15. The topological polar surface area (TPSA) is 86.1 Å². The minimum atomic E-state index is -3.60. The van der Waals surface area contributed by atoms with Crippen LogP contribution in [0.5, 0.6) is 0 Å².